The molecule has 204 valence electrons. The highest BCUT2D eigenvalue weighted by Gasteiger charge is 2.35. The number of tetrazole rings is 1. The fraction of sp³-hybridized carbons (Fsp3) is 0.296. The Hall–Kier alpha value is -3.77. The normalized spacial score (nSPS) is 15.8. The zero-order chi connectivity index (χ0) is 27.6. The molecular formula is C27H27F3N6O2S. The first kappa shape index (κ1) is 26.8. The van der Waals surface area contributed by atoms with E-state index in [0.29, 0.717) is 31.7 Å². The van der Waals surface area contributed by atoms with Crippen LogP contribution in [0.2, 0.25) is 0 Å². The number of hydrogen-bond donors (Lipinski definition) is 0. The number of anilines is 1. The van der Waals surface area contributed by atoms with Gasteiger partial charge in [0.2, 0.25) is 0 Å². The van der Waals surface area contributed by atoms with Crippen LogP contribution in [0.5, 0.6) is 0 Å². The number of rotatable bonds is 7. The molecule has 0 bridgehead atoms. The van der Waals surface area contributed by atoms with Gasteiger partial charge in [0, 0.05) is 31.9 Å². The Morgan fingerprint density at radius 1 is 0.897 bits per heavy atom. The van der Waals surface area contributed by atoms with Crippen LogP contribution in [-0.2, 0) is 21.9 Å². The van der Waals surface area contributed by atoms with Crippen LogP contribution < -0.4 is 4.90 Å². The summed E-state index contributed by atoms with van der Waals surface area (Å²) in [5.41, 5.74) is 1.51. The Morgan fingerprint density at radius 3 is 2.26 bits per heavy atom. The number of aromatic nitrogens is 4. The highest BCUT2D eigenvalue weighted by molar-refractivity contribution is 7.90. The summed E-state index contributed by atoms with van der Waals surface area (Å²) >= 11 is 0. The summed E-state index contributed by atoms with van der Waals surface area (Å²) in [5.74, 6) is -0.379. The summed E-state index contributed by atoms with van der Waals surface area (Å²) < 4.78 is 68.5. The van der Waals surface area contributed by atoms with E-state index in [1.807, 2.05) is 42.2 Å². The van der Waals surface area contributed by atoms with Crippen molar-refractivity contribution >= 4 is 15.5 Å². The van der Waals surface area contributed by atoms with Gasteiger partial charge in [-0.25, -0.2) is 13.1 Å². The number of para-hydroxylation sites is 1. The fourth-order valence-electron chi connectivity index (χ4n) is 4.77. The summed E-state index contributed by atoms with van der Waals surface area (Å²) in [7, 11) is -3.83. The average Bonchev–Trinajstić information content (AvgIpc) is 3.36. The van der Waals surface area contributed by atoms with Crippen LogP contribution in [0.25, 0.3) is 0 Å². The molecule has 0 saturated carbocycles. The molecule has 8 nitrogen and oxygen atoms in total. The maximum absolute atomic E-state index is 13.6. The van der Waals surface area contributed by atoms with Gasteiger partial charge in [-0.05, 0) is 59.3 Å². The SMILES string of the molecule is Cc1ccc(S(=O)(=O)Cn2nnnc2[C@@H](c2cccc(C(F)(F)F)c2)N2CCN(c3ccccc3)CC2)cc1. The van der Waals surface area contributed by atoms with Crippen LogP contribution in [-0.4, -0.2) is 59.7 Å². The first-order valence-electron chi connectivity index (χ1n) is 12.4. The molecule has 0 N–H and O–H groups in total. The smallest absolute Gasteiger partial charge is 0.369 e. The molecule has 0 amide bonds. The molecule has 1 fully saturated rings. The van der Waals surface area contributed by atoms with Gasteiger partial charge in [0.05, 0.1) is 16.5 Å². The number of piperazine rings is 1. The van der Waals surface area contributed by atoms with Crippen molar-refractivity contribution in [2.75, 3.05) is 31.1 Å². The Balaban J connectivity index is 1.49. The Morgan fingerprint density at radius 2 is 1.59 bits per heavy atom. The van der Waals surface area contributed by atoms with Crippen molar-refractivity contribution in [2.24, 2.45) is 0 Å². The van der Waals surface area contributed by atoms with Crippen LogP contribution >= 0.6 is 0 Å². The molecule has 1 aliphatic heterocycles. The fourth-order valence-corrected chi connectivity index (χ4v) is 5.97. The minimum absolute atomic E-state index is 0.113. The quantitative estimate of drug-likeness (QED) is 0.335. The second-order valence-corrected chi connectivity index (χ2v) is 11.4. The van der Waals surface area contributed by atoms with Crippen molar-refractivity contribution in [1.82, 2.24) is 25.1 Å². The van der Waals surface area contributed by atoms with Gasteiger partial charge in [-0.2, -0.15) is 13.2 Å². The monoisotopic (exact) mass is 556 g/mol. The van der Waals surface area contributed by atoms with E-state index in [9.17, 15) is 21.6 Å². The summed E-state index contributed by atoms with van der Waals surface area (Å²) in [6.45, 7) is 4.12. The van der Waals surface area contributed by atoms with Crippen LogP contribution in [0.4, 0.5) is 18.9 Å². The number of alkyl halides is 3. The highest BCUT2D eigenvalue weighted by atomic mass is 32.2. The number of benzene rings is 3. The number of nitrogens with zero attached hydrogens (tertiary/aromatic N) is 6. The second-order valence-electron chi connectivity index (χ2n) is 9.48. The molecule has 1 aromatic heterocycles. The van der Waals surface area contributed by atoms with E-state index in [4.69, 9.17) is 0 Å². The van der Waals surface area contributed by atoms with E-state index in [2.05, 4.69) is 20.4 Å². The summed E-state index contributed by atoms with van der Waals surface area (Å²) in [6.07, 6.45) is -4.53. The summed E-state index contributed by atoms with van der Waals surface area (Å²) in [4.78, 5) is 4.31. The molecule has 1 saturated heterocycles. The first-order valence-corrected chi connectivity index (χ1v) is 14.0. The molecule has 1 atom stereocenters. The lowest BCUT2D eigenvalue weighted by atomic mass is 10.0. The van der Waals surface area contributed by atoms with Crippen LogP contribution in [0.1, 0.15) is 28.6 Å². The van der Waals surface area contributed by atoms with Crippen LogP contribution in [0.15, 0.2) is 83.8 Å². The summed E-state index contributed by atoms with van der Waals surface area (Å²) in [6, 6.07) is 20.6. The lowest BCUT2D eigenvalue weighted by molar-refractivity contribution is -0.137. The van der Waals surface area contributed by atoms with Gasteiger partial charge in [-0.1, -0.05) is 48.0 Å². The van der Waals surface area contributed by atoms with E-state index >= 15 is 0 Å². The topological polar surface area (TPSA) is 84.2 Å². The number of aryl methyl sites for hydroxylation is 1. The third kappa shape index (κ3) is 5.96. The van der Waals surface area contributed by atoms with Crippen molar-refractivity contribution in [1.29, 1.82) is 0 Å². The molecule has 4 aromatic rings. The van der Waals surface area contributed by atoms with Crippen LogP contribution in [0.3, 0.4) is 0 Å². The molecule has 0 unspecified atom stereocenters. The molecule has 1 aliphatic rings. The van der Waals surface area contributed by atoms with Crippen molar-refractivity contribution < 1.29 is 21.6 Å². The predicted molar refractivity (Wildman–Crippen MR) is 140 cm³/mol. The average molecular weight is 557 g/mol. The van der Waals surface area contributed by atoms with E-state index in [-0.39, 0.29) is 10.7 Å². The molecule has 3 aromatic carbocycles. The maximum atomic E-state index is 13.6. The van der Waals surface area contributed by atoms with E-state index in [1.165, 1.54) is 22.9 Å². The molecule has 12 heteroatoms. The van der Waals surface area contributed by atoms with E-state index in [1.54, 1.807) is 18.2 Å². The molecular weight excluding hydrogens is 529 g/mol. The third-order valence-electron chi connectivity index (χ3n) is 6.81. The maximum Gasteiger partial charge on any atom is 0.416 e. The summed E-state index contributed by atoms with van der Waals surface area (Å²) in [5, 5.41) is 11.8. The lowest BCUT2D eigenvalue weighted by Gasteiger charge is -2.40. The zero-order valence-electron chi connectivity index (χ0n) is 21.2. The lowest BCUT2D eigenvalue weighted by Crippen LogP contribution is -2.48. The third-order valence-corrected chi connectivity index (χ3v) is 8.38. The molecule has 39 heavy (non-hydrogen) atoms. The Labute approximate surface area is 224 Å². The molecule has 0 radical (unpaired) electrons. The van der Waals surface area contributed by atoms with Gasteiger partial charge in [0.15, 0.2) is 21.5 Å². The van der Waals surface area contributed by atoms with Crippen molar-refractivity contribution in [3.05, 3.63) is 101 Å². The van der Waals surface area contributed by atoms with Gasteiger partial charge < -0.3 is 4.90 Å². The van der Waals surface area contributed by atoms with Gasteiger partial charge >= 0.3 is 6.18 Å². The van der Waals surface area contributed by atoms with Crippen molar-refractivity contribution in [3.63, 3.8) is 0 Å². The number of hydrogen-bond acceptors (Lipinski definition) is 7. The number of halogens is 3. The minimum atomic E-state index is -4.53. The molecule has 5 rings (SSSR count). The largest absolute Gasteiger partial charge is 0.416 e. The van der Waals surface area contributed by atoms with Gasteiger partial charge in [-0.3, -0.25) is 4.90 Å². The minimum Gasteiger partial charge on any atom is -0.369 e. The molecule has 2 heterocycles. The Kier molecular flexibility index (Phi) is 7.41. The predicted octanol–water partition coefficient (Wildman–Crippen LogP) is 4.34. The van der Waals surface area contributed by atoms with Gasteiger partial charge in [-0.15, -0.1) is 5.10 Å². The van der Waals surface area contributed by atoms with Gasteiger partial charge in [0.1, 0.15) is 0 Å². The van der Waals surface area contributed by atoms with Crippen LogP contribution in [0, 0.1) is 6.92 Å². The first-order chi connectivity index (χ1) is 18.6. The van der Waals surface area contributed by atoms with Crippen molar-refractivity contribution in [3.8, 4) is 0 Å². The standard InChI is InChI=1S/C27H27F3N6O2S/c1-20-10-12-24(13-11-20)39(37,38)19-36-26(31-32-33-36)25(21-6-5-7-22(18-21)27(28,29)30)35-16-14-34(15-17-35)23-8-3-2-4-9-23/h2-13,18,25H,14-17,19H2,1H3/t25-/m1/s1. The number of sulfone groups is 1. The van der Waals surface area contributed by atoms with Gasteiger partial charge in [0.25, 0.3) is 0 Å². The Bertz CT molecular complexity index is 1520. The van der Waals surface area contributed by atoms with E-state index in [0.717, 1.165) is 23.4 Å². The van der Waals surface area contributed by atoms with E-state index < -0.39 is 33.5 Å². The second kappa shape index (κ2) is 10.8. The highest BCUT2D eigenvalue weighted by Crippen LogP contribution is 2.35. The zero-order valence-corrected chi connectivity index (χ0v) is 22.0. The molecule has 0 spiro atoms. The molecule has 0 aliphatic carbocycles. The van der Waals surface area contributed by atoms with Crippen molar-refractivity contribution in [2.45, 2.75) is 29.9 Å².